The molecule has 2 rings (SSSR count). The summed E-state index contributed by atoms with van der Waals surface area (Å²) in [5.74, 6) is 0. The predicted molar refractivity (Wildman–Crippen MR) is 78.3 cm³/mol. The summed E-state index contributed by atoms with van der Waals surface area (Å²) in [6.45, 7) is 3.54. The van der Waals surface area contributed by atoms with Crippen LogP contribution in [0.1, 0.15) is 11.1 Å². The van der Waals surface area contributed by atoms with Crippen LogP contribution in [-0.2, 0) is 10.0 Å². The first-order valence-corrected chi connectivity index (χ1v) is 7.49. The lowest BCUT2D eigenvalue weighted by molar-refractivity contribution is 0.600. The van der Waals surface area contributed by atoms with Gasteiger partial charge in [0.2, 0.25) is 0 Å². The zero-order chi connectivity index (χ0) is 14.8. The molecule has 20 heavy (non-hydrogen) atoms. The Labute approximate surface area is 118 Å². The minimum atomic E-state index is -3.66. The number of anilines is 2. The number of benzene rings is 1. The van der Waals surface area contributed by atoms with Crippen LogP contribution in [0, 0.1) is 13.8 Å². The molecule has 0 atom stereocenters. The molecule has 0 saturated heterocycles. The van der Waals surface area contributed by atoms with E-state index in [1.54, 1.807) is 33.0 Å². The maximum absolute atomic E-state index is 12.5. The highest BCUT2D eigenvalue weighted by molar-refractivity contribution is 7.92. The lowest BCUT2D eigenvalue weighted by atomic mass is 10.1. The van der Waals surface area contributed by atoms with Crippen molar-refractivity contribution in [3.63, 3.8) is 0 Å². The molecule has 0 bridgehead atoms. The van der Waals surface area contributed by atoms with Crippen LogP contribution in [0.15, 0.2) is 35.7 Å². The van der Waals surface area contributed by atoms with Gasteiger partial charge in [0, 0.05) is 12.7 Å². The zero-order valence-electron chi connectivity index (χ0n) is 11.5. The molecule has 0 saturated carbocycles. The monoisotopic (exact) mass is 292 g/mol. The Morgan fingerprint density at radius 3 is 2.05 bits per heavy atom. The number of aryl methyl sites for hydroxylation is 2. The van der Waals surface area contributed by atoms with Crippen LogP contribution in [0.5, 0.6) is 0 Å². The molecule has 1 heterocycles. The molecule has 1 aromatic heterocycles. The van der Waals surface area contributed by atoms with Crippen molar-refractivity contribution in [3.8, 4) is 0 Å². The molecule has 0 aliphatic carbocycles. The Morgan fingerprint density at radius 2 is 1.55 bits per heavy atom. The van der Waals surface area contributed by atoms with Gasteiger partial charge in [0.25, 0.3) is 10.0 Å². The van der Waals surface area contributed by atoms with Crippen molar-refractivity contribution in [2.45, 2.75) is 18.7 Å². The molecule has 0 aliphatic heterocycles. The largest absolute Gasteiger partial charge is 0.388 e. The van der Waals surface area contributed by atoms with Crippen molar-refractivity contribution in [2.75, 3.05) is 17.1 Å². The van der Waals surface area contributed by atoms with Crippen molar-refractivity contribution in [1.29, 1.82) is 0 Å². The molecule has 1 aromatic carbocycles. The molecule has 2 N–H and O–H groups in total. The number of nitrogens with zero attached hydrogens (tertiary/aromatic N) is 2. The van der Waals surface area contributed by atoms with Gasteiger partial charge in [-0.05, 0) is 37.1 Å². The lowest BCUT2D eigenvalue weighted by Crippen LogP contribution is -2.16. The minimum absolute atomic E-state index is 0.278. The number of sulfonamides is 1. The summed E-state index contributed by atoms with van der Waals surface area (Å²) in [7, 11) is -1.86. The van der Waals surface area contributed by atoms with Crippen molar-refractivity contribution in [2.24, 2.45) is 0 Å². The van der Waals surface area contributed by atoms with E-state index in [-0.39, 0.29) is 4.90 Å². The summed E-state index contributed by atoms with van der Waals surface area (Å²) in [6.07, 6.45) is 4.17. The molecular formula is C13H16N4O2S. The van der Waals surface area contributed by atoms with Gasteiger partial charge < -0.3 is 5.32 Å². The first kappa shape index (κ1) is 14.3. The Hall–Kier alpha value is -2.15. The first-order chi connectivity index (χ1) is 9.44. The van der Waals surface area contributed by atoms with E-state index in [4.69, 9.17) is 0 Å². The molecule has 0 aliphatic rings. The quantitative estimate of drug-likeness (QED) is 0.899. The fourth-order valence-corrected chi connectivity index (χ4v) is 3.56. The van der Waals surface area contributed by atoms with Gasteiger partial charge in [0.1, 0.15) is 6.33 Å². The van der Waals surface area contributed by atoms with Gasteiger partial charge in [-0.25, -0.2) is 18.4 Å². The molecule has 106 valence electrons. The van der Waals surface area contributed by atoms with Gasteiger partial charge in [0.15, 0.2) is 0 Å². The molecule has 7 heteroatoms. The van der Waals surface area contributed by atoms with E-state index in [0.29, 0.717) is 16.8 Å². The summed E-state index contributed by atoms with van der Waals surface area (Å²) in [5, 5.41) is 3.00. The van der Waals surface area contributed by atoms with E-state index in [1.807, 2.05) is 0 Å². The molecular weight excluding hydrogens is 276 g/mol. The van der Waals surface area contributed by atoms with Crippen LogP contribution in [0.25, 0.3) is 0 Å². The van der Waals surface area contributed by atoms with E-state index < -0.39 is 10.0 Å². The summed E-state index contributed by atoms with van der Waals surface area (Å²) in [6, 6.07) is 3.59. The minimum Gasteiger partial charge on any atom is -0.388 e. The molecule has 0 amide bonds. The Kier molecular flexibility index (Phi) is 3.89. The molecule has 0 unspecified atom stereocenters. The molecule has 0 spiro atoms. The fraction of sp³-hybridized carbons (Fsp3) is 0.231. The van der Waals surface area contributed by atoms with Crippen molar-refractivity contribution < 1.29 is 8.42 Å². The number of hydrogen-bond donors (Lipinski definition) is 2. The number of aromatic nitrogens is 2. The molecule has 0 radical (unpaired) electrons. The first-order valence-electron chi connectivity index (χ1n) is 6.01. The summed E-state index contributed by atoms with van der Waals surface area (Å²) in [4.78, 5) is 7.85. The second-order valence-electron chi connectivity index (χ2n) is 4.42. The van der Waals surface area contributed by atoms with Crippen molar-refractivity contribution in [3.05, 3.63) is 42.0 Å². The lowest BCUT2D eigenvalue weighted by Gasteiger charge is -2.14. The van der Waals surface area contributed by atoms with Gasteiger partial charge in [-0.15, -0.1) is 0 Å². The Morgan fingerprint density at radius 1 is 1.00 bits per heavy atom. The third kappa shape index (κ3) is 2.88. The highest BCUT2D eigenvalue weighted by Crippen LogP contribution is 2.25. The standard InChI is InChI=1S/C13H16N4O2S/c1-9-4-11(14-3)5-10(2)13(9)20(18,19)17-12-6-15-8-16-7-12/h4-8,14,17H,1-3H3. The van der Waals surface area contributed by atoms with Gasteiger partial charge >= 0.3 is 0 Å². The zero-order valence-corrected chi connectivity index (χ0v) is 12.3. The second kappa shape index (κ2) is 5.46. The van der Waals surface area contributed by atoms with E-state index in [1.165, 1.54) is 18.7 Å². The van der Waals surface area contributed by atoms with Gasteiger partial charge in [0.05, 0.1) is 23.0 Å². The SMILES string of the molecule is CNc1cc(C)c(S(=O)(=O)Nc2cncnc2)c(C)c1. The maximum Gasteiger partial charge on any atom is 0.262 e. The normalized spacial score (nSPS) is 11.2. The summed E-state index contributed by atoms with van der Waals surface area (Å²) in [5.41, 5.74) is 2.57. The van der Waals surface area contributed by atoms with E-state index in [2.05, 4.69) is 20.0 Å². The Bertz CT molecular complexity index is 691. The van der Waals surface area contributed by atoms with Crippen LogP contribution in [-0.4, -0.2) is 25.4 Å². The number of nitrogens with one attached hydrogen (secondary N) is 2. The van der Waals surface area contributed by atoms with Crippen LogP contribution >= 0.6 is 0 Å². The molecule has 6 nitrogen and oxygen atoms in total. The van der Waals surface area contributed by atoms with Crippen molar-refractivity contribution in [1.82, 2.24) is 9.97 Å². The average Bonchev–Trinajstić information content (AvgIpc) is 2.37. The smallest absolute Gasteiger partial charge is 0.262 e. The van der Waals surface area contributed by atoms with Gasteiger partial charge in [-0.3, -0.25) is 4.72 Å². The van der Waals surface area contributed by atoms with Crippen LogP contribution < -0.4 is 10.0 Å². The highest BCUT2D eigenvalue weighted by Gasteiger charge is 2.20. The third-order valence-electron chi connectivity index (χ3n) is 2.83. The average molecular weight is 292 g/mol. The van der Waals surface area contributed by atoms with Gasteiger partial charge in [-0.1, -0.05) is 0 Å². The van der Waals surface area contributed by atoms with Crippen LogP contribution in [0.3, 0.4) is 0 Å². The van der Waals surface area contributed by atoms with E-state index in [9.17, 15) is 8.42 Å². The highest BCUT2D eigenvalue weighted by atomic mass is 32.2. The summed E-state index contributed by atoms with van der Waals surface area (Å²) < 4.78 is 27.4. The van der Waals surface area contributed by atoms with Crippen LogP contribution in [0.4, 0.5) is 11.4 Å². The van der Waals surface area contributed by atoms with E-state index in [0.717, 1.165) is 5.69 Å². The van der Waals surface area contributed by atoms with E-state index >= 15 is 0 Å². The van der Waals surface area contributed by atoms with Crippen LogP contribution in [0.2, 0.25) is 0 Å². The van der Waals surface area contributed by atoms with Crippen molar-refractivity contribution >= 4 is 21.4 Å². The predicted octanol–water partition coefficient (Wildman–Crippen LogP) is 1.94. The summed E-state index contributed by atoms with van der Waals surface area (Å²) >= 11 is 0. The topological polar surface area (TPSA) is 84.0 Å². The third-order valence-corrected chi connectivity index (χ3v) is 4.52. The Balaban J connectivity index is 2.45. The fourth-order valence-electron chi connectivity index (χ4n) is 2.08. The number of rotatable bonds is 4. The second-order valence-corrected chi connectivity index (χ2v) is 6.04. The number of hydrogen-bond acceptors (Lipinski definition) is 5. The maximum atomic E-state index is 12.5. The molecule has 2 aromatic rings. The van der Waals surface area contributed by atoms with Gasteiger partial charge in [-0.2, -0.15) is 0 Å². The molecule has 0 fully saturated rings.